The third kappa shape index (κ3) is 8.22. The van der Waals surface area contributed by atoms with Crippen LogP contribution in [-0.2, 0) is 23.9 Å². The summed E-state index contributed by atoms with van der Waals surface area (Å²) in [5.74, 6) is -0.0666. The summed E-state index contributed by atoms with van der Waals surface area (Å²) >= 11 is 0. The number of carbonyl (C=O) groups is 4. The molecule has 1 atom stereocenters. The molecule has 162 valence electrons. The van der Waals surface area contributed by atoms with Gasteiger partial charge in [-0.3, -0.25) is 14.4 Å². The van der Waals surface area contributed by atoms with E-state index < -0.39 is 29.9 Å². The Morgan fingerprint density at radius 1 is 1.13 bits per heavy atom. The van der Waals surface area contributed by atoms with Crippen LogP contribution < -0.4 is 15.4 Å². The molecule has 0 bridgehead atoms. The highest BCUT2D eigenvalue weighted by Gasteiger charge is 2.25. The first-order chi connectivity index (χ1) is 14.3. The Labute approximate surface area is 175 Å². The summed E-state index contributed by atoms with van der Waals surface area (Å²) in [6, 6.07) is 3.38. The third-order valence-electron chi connectivity index (χ3n) is 3.69. The normalized spacial score (nSPS) is 10.9. The molecule has 0 heterocycles. The number of hydrogen-bond donors (Lipinski definition) is 2. The van der Waals surface area contributed by atoms with Crippen LogP contribution in [0.25, 0.3) is 0 Å². The summed E-state index contributed by atoms with van der Waals surface area (Å²) in [7, 11) is 0. The van der Waals surface area contributed by atoms with Gasteiger partial charge in [-0.2, -0.15) is 0 Å². The molecule has 1 aromatic carbocycles. The van der Waals surface area contributed by atoms with E-state index in [0.29, 0.717) is 5.69 Å². The van der Waals surface area contributed by atoms with Gasteiger partial charge in [0.1, 0.15) is 11.8 Å². The van der Waals surface area contributed by atoms with Crippen molar-refractivity contribution in [1.29, 1.82) is 0 Å². The quantitative estimate of drug-likeness (QED) is 0.316. The zero-order valence-corrected chi connectivity index (χ0v) is 17.3. The second kappa shape index (κ2) is 12.8. The first kappa shape index (κ1) is 24.5. The van der Waals surface area contributed by atoms with Crippen LogP contribution in [-0.4, -0.2) is 49.6 Å². The predicted octanol–water partition coefficient (Wildman–Crippen LogP) is 1.66. The predicted molar refractivity (Wildman–Crippen MR) is 109 cm³/mol. The average molecular weight is 418 g/mol. The van der Waals surface area contributed by atoms with Crippen molar-refractivity contribution in [2.75, 3.05) is 25.1 Å². The Bertz CT molecular complexity index is 814. The average Bonchev–Trinajstić information content (AvgIpc) is 2.69. The molecule has 0 aliphatic heterocycles. The Kier molecular flexibility index (Phi) is 10.5. The fourth-order valence-electron chi connectivity index (χ4n) is 2.44. The van der Waals surface area contributed by atoms with Crippen LogP contribution in [0.4, 0.5) is 5.69 Å². The first-order valence-electron chi connectivity index (χ1n) is 9.45. The molecule has 1 aromatic rings. The van der Waals surface area contributed by atoms with E-state index in [1.165, 1.54) is 19.1 Å². The summed E-state index contributed by atoms with van der Waals surface area (Å²) < 4.78 is 14.9. The minimum Gasteiger partial charge on any atom is -0.466 e. The van der Waals surface area contributed by atoms with Crippen molar-refractivity contribution in [1.82, 2.24) is 5.32 Å². The largest absolute Gasteiger partial charge is 0.466 e. The zero-order valence-electron chi connectivity index (χ0n) is 17.3. The van der Waals surface area contributed by atoms with Crippen molar-refractivity contribution in [2.24, 2.45) is 0 Å². The van der Waals surface area contributed by atoms with Crippen LogP contribution in [0.1, 0.15) is 44.0 Å². The van der Waals surface area contributed by atoms with Crippen LogP contribution in [0.2, 0.25) is 0 Å². The van der Waals surface area contributed by atoms with Gasteiger partial charge in [0.2, 0.25) is 0 Å². The molecule has 0 aromatic heterocycles. The summed E-state index contributed by atoms with van der Waals surface area (Å²) in [4.78, 5) is 48.0. The Morgan fingerprint density at radius 2 is 1.83 bits per heavy atom. The van der Waals surface area contributed by atoms with E-state index in [4.69, 9.17) is 20.6 Å². The van der Waals surface area contributed by atoms with Gasteiger partial charge in [0.05, 0.1) is 25.3 Å². The van der Waals surface area contributed by atoms with Gasteiger partial charge in [-0.25, -0.2) is 4.79 Å². The monoisotopic (exact) mass is 418 g/mol. The zero-order chi connectivity index (χ0) is 22.5. The molecule has 0 saturated carbocycles. The molecule has 0 unspecified atom stereocenters. The van der Waals surface area contributed by atoms with Crippen molar-refractivity contribution in [2.45, 2.75) is 39.7 Å². The van der Waals surface area contributed by atoms with E-state index in [9.17, 15) is 19.2 Å². The fraction of sp³-hybridized carbons (Fsp3) is 0.429. The number of rotatable bonds is 11. The van der Waals surface area contributed by atoms with Crippen LogP contribution in [0.5, 0.6) is 5.75 Å². The second-order valence-electron chi connectivity index (χ2n) is 5.98. The molecule has 30 heavy (non-hydrogen) atoms. The Balaban J connectivity index is 3.05. The number of hydrogen-bond acceptors (Lipinski definition) is 8. The molecule has 0 spiro atoms. The van der Waals surface area contributed by atoms with Crippen LogP contribution in [0.15, 0.2) is 18.2 Å². The molecule has 1 rings (SSSR count). The third-order valence-corrected chi connectivity index (χ3v) is 3.69. The summed E-state index contributed by atoms with van der Waals surface area (Å²) in [6.45, 7) is 5.05. The standard InChI is InChI=1S/C21H26N2O7/c1-5-12-22-15-8-9-16(18(13-15)30-14(4)24)20(26)23-17(21(27)29-7-3)10-11-19(25)28-6-2/h1,8-9,13,17,22H,6-7,10-12H2,2-4H3,(H,23,26)/t17-/m0/s1. The van der Waals surface area contributed by atoms with Gasteiger partial charge in [-0.15, -0.1) is 6.42 Å². The van der Waals surface area contributed by atoms with Gasteiger partial charge in [-0.05, 0) is 32.4 Å². The van der Waals surface area contributed by atoms with Crippen LogP contribution >= 0.6 is 0 Å². The van der Waals surface area contributed by atoms with Crippen molar-refractivity contribution in [3.05, 3.63) is 23.8 Å². The van der Waals surface area contributed by atoms with E-state index in [-0.39, 0.29) is 43.9 Å². The molecule has 9 nitrogen and oxygen atoms in total. The molecule has 0 radical (unpaired) electrons. The van der Waals surface area contributed by atoms with Gasteiger partial charge >= 0.3 is 17.9 Å². The lowest BCUT2D eigenvalue weighted by Gasteiger charge is -2.18. The lowest BCUT2D eigenvalue weighted by atomic mass is 10.1. The molecule has 9 heteroatoms. The number of amides is 1. The molecule has 0 fully saturated rings. The lowest BCUT2D eigenvalue weighted by Crippen LogP contribution is -2.42. The molecule has 0 saturated heterocycles. The van der Waals surface area contributed by atoms with E-state index in [1.807, 2.05) is 0 Å². The molecular weight excluding hydrogens is 392 g/mol. The SMILES string of the molecule is C#CCNc1ccc(C(=O)N[C@@H](CCC(=O)OCC)C(=O)OCC)c(OC(C)=O)c1. The van der Waals surface area contributed by atoms with E-state index in [0.717, 1.165) is 0 Å². The summed E-state index contributed by atoms with van der Waals surface area (Å²) in [5, 5.41) is 5.44. The van der Waals surface area contributed by atoms with E-state index >= 15 is 0 Å². The van der Waals surface area contributed by atoms with Gasteiger partial charge in [0, 0.05) is 25.1 Å². The molecular formula is C21H26N2O7. The number of anilines is 1. The topological polar surface area (TPSA) is 120 Å². The summed E-state index contributed by atoms with van der Waals surface area (Å²) in [6.07, 6.45) is 5.13. The maximum atomic E-state index is 12.8. The Morgan fingerprint density at radius 3 is 2.43 bits per heavy atom. The lowest BCUT2D eigenvalue weighted by molar-refractivity contribution is -0.147. The highest BCUT2D eigenvalue weighted by Crippen LogP contribution is 2.24. The molecule has 1 amide bonds. The van der Waals surface area contributed by atoms with Crippen LogP contribution in [0.3, 0.4) is 0 Å². The van der Waals surface area contributed by atoms with Crippen molar-refractivity contribution < 1.29 is 33.4 Å². The molecule has 0 aliphatic carbocycles. The highest BCUT2D eigenvalue weighted by atomic mass is 16.5. The maximum Gasteiger partial charge on any atom is 0.328 e. The molecule has 0 aliphatic rings. The minimum atomic E-state index is -1.08. The van der Waals surface area contributed by atoms with E-state index in [1.54, 1.807) is 19.9 Å². The smallest absolute Gasteiger partial charge is 0.328 e. The number of ether oxygens (including phenoxy) is 3. The number of terminal acetylenes is 1. The minimum absolute atomic E-state index is 0.00461. The number of nitrogens with one attached hydrogen (secondary N) is 2. The van der Waals surface area contributed by atoms with E-state index in [2.05, 4.69) is 16.6 Å². The number of esters is 3. The highest BCUT2D eigenvalue weighted by molar-refractivity contribution is 6.00. The molecule has 2 N–H and O–H groups in total. The number of benzene rings is 1. The fourth-order valence-corrected chi connectivity index (χ4v) is 2.44. The van der Waals surface area contributed by atoms with Crippen molar-refractivity contribution in [3.8, 4) is 18.1 Å². The van der Waals surface area contributed by atoms with Gasteiger partial charge in [0.15, 0.2) is 0 Å². The summed E-state index contributed by atoms with van der Waals surface area (Å²) in [5.41, 5.74) is 0.576. The Hall–Kier alpha value is -3.54. The van der Waals surface area contributed by atoms with Crippen molar-refractivity contribution in [3.63, 3.8) is 0 Å². The van der Waals surface area contributed by atoms with Gasteiger partial charge in [-0.1, -0.05) is 5.92 Å². The second-order valence-corrected chi connectivity index (χ2v) is 5.98. The maximum absolute atomic E-state index is 12.8. The van der Waals surface area contributed by atoms with Gasteiger partial charge in [0.25, 0.3) is 5.91 Å². The van der Waals surface area contributed by atoms with Crippen LogP contribution in [0, 0.1) is 12.3 Å². The van der Waals surface area contributed by atoms with Gasteiger partial charge < -0.3 is 24.8 Å². The first-order valence-corrected chi connectivity index (χ1v) is 9.45. The number of carbonyl (C=O) groups excluding carboxylic acids is 4. The van der Waals surface area contributed by atoms with Crippen molar-refractivity contribution >= 4 is 29.5 Å².